The van der Waals surface area contributed by atoms with Crippen LogP contribution in [-0.4, -0.2) is 57.5 Å². The number of quaternary nitrogens is 1. The molecule has 1 saturated heterocycles. The predicted molar refractivity (Wildman–Crippen MR) is 109 cm³/mol. The Morgan fingerprint density at radius 1 is 1.27 bits per heavy atom. The Morgan fingerprint density at radius 2 is 1.81 bits per heavy atom. The van der Waals surface area contributed by atoms with E-state index >= 15 is 0 Å². The highest BCUT2D eigenvalue weighted by molar-refractivity contribution is 7.80. The van der Waals surface area contributed by atoms with Crippen molar-refractivity contribution in [2.24, 2.45) is 5.41 Å². The molecule has 8 heteroatoms. The van der Waals surface area contributed by atoms with E-state index in [-0.39, 0.29) is 5.91 Å². The van der Waals surface area contributed by atoms with Crippen LogP contribution in [0.4, 0.5) is 0 Å². The molecule has 2 heterocycles. The second-order valence-electron chi connectivity index (χ2n) is 7.73. The standard InChI is InChI=1S/C18H26Cl2N4OS/c1-13-4-5-14(2)24(13)11-8-22-6-9-23(10-7-22)16(26)21-15(25)17(3)12-18(17,19)20/h4-5H,6-12H2,1-3H3,(H,21,25,26)/p+1/t17-/m0/s1. The fraction of sp³-hybridized carbons (Fsp3) is 0.667. The summed E-state index contributed by atoms with van der Waals surface area (Å²) in [6, 6.07) is 4.33. The van der Waals surface area contributed by atoms with Crippen LogP contribution in [0.3, 0.4) is 0 Å². The number of thiocarbonyl (C=S) groups is 1. The molecule has 3 rings (SSSR count). The third-order valence-electron chi connectivity index (χ3n) is 5.84. The topological polar surface area (TPSA) is 41.7 Å². The van der Waals surface area contributed by atoms with Crippen molar-refractivity contribution in [1.29, 1.82) is 0 Å². The Balaban J connectivity index is 1.43. The summed E-state index contributed by atoms with van der Waals surface area (Å²) in [6.45, 7) is 11.9. The summed E-state index contributed by atoms with van der Waals surface area (Å²) in [7, 11) is 0. The highest BCUT2D eigenvalue weighted by Gasteiger charge is 2.68. The zero-order valence-corrected chi connectivity index (χ0v) is 17.9. The van der Waals surface area contributed by atoms with Gasteiger partial charge in [0.05, 0.1) is 44.7 Å². The van der Waals surface area contributed by atoms with Gasteiger partial charge in [0.15, 0.2) is 5.11 Å². The van der Waals surface area contributed by atoms with E-state index in [1.54, 1.807) is 11.8 Å². The van der Waals surface area contributed by atoms with E-state index in [9.17, 15) is 4.79 Å². The van der Waals surface area contributed by atoms with Crippen molar-refractivity contribution in [2.45, 2.75) is 38.1 Å². The van der Waals surface area contributed by atoms with E-state index in [2.05, 4.69) is 40.8 Å². The normalized spacial score (nSPS) is 25.2. The molecule has 2 aliphatic rings. The van der Waals surface area contributed by atoms with Crippen molar-refractivity contribution in [1.82, 2.24) is 14.8 Å². The molecule has 0 bridgehead atoms. The smallest absolute Gasteiger partial charge is 0.235 e. The number of piperazine rings is 1. The Bertz CT molecular complexity index is 693. The molecule has 0 unspecified atom stereocenters. The monoisotopic (exact) mass is 417 g/mol. The number of hydrogen-bond donors (Lipinski definition) is 2. The van der Waals surface area contributed by atoms with E-state index in [0.717, 1.165) is 39.3 Å². The van der Waals surface area contributed by atoms with Crippen LogP contribution in [0.15, 0.2) is 12.1 Å². The molecule has 1 aliphatic heterocycles. The van der Waals surface area contributed by atoms with Gasteiger partial charge in [-0.25, -0.2) is 0 Å². The average molecular weight is 418 g/mol. The lowest BCUT2D eigenvalue weighted by molar-refractivity contribution is -0.904. The molecule has 0 radical (unpaired) electrons. The molecule has 1 aromatic heterocycles. The van der Waals surface area contributed by atoms with E-state index in [1.165, 1.54) is 11.4 Å². The summed E-state index contributed by atoms with van der Waals surface area (Å²) < 4.78 is 1.40. The molecule has 2 N–H and O–H groups in total. The largest absolute Gasteiger partial charge is 0.344 e. The molecule has 1 atom stereocenters. The number of rotatable bonds is 4. The number of hydrogen-bond acceptors (Lipinski definition) is 2. The fourth-order valence-corrected chi connectivity index (χ4v) is 4.54. The van der Waals surface area contributed by atoms with E-state index in [4.69, 9.17) is 35.4 Å². The first kappa shape index (κ1) is 19.9. The number of aromatic nitrogens is 1. The number of alkyl halides is 2. The van der Waals surface area contributed by atoms with Crippen LogP contribution < -0.4 is 10.2 Å². The van der Waals surface area contributed by atoms with Crippen LogP contribution in [0.5, 0.6) is 0 Å². The van der Waals surface area contributed by atoms with Crippen molar-refractivity contribution in [3.05, 3.63) is 23.5 Å². The van der Waals surface area contributed by atoms with Gasteiger partial charge < -0.3 is 19.7 Å². The molecule has 1 aromatic rings. The van der Waals surface area contributed by atoms with Crippen LogP contribution in [0.2, 0.25) is 0 Å². The van der Waals surface area contributed by atoms with Crippen molar-refractivity contribution in [3.8, 4) is 0 Å². The Hall–Kier alpha value is -0.820. The summed E-state index contributed by atoms with van der Waals surface area (Å²) >= 11 is 17.6. The summed E-state index contributed by atoms with van der Waals surface area (Å²) in [5, 5.41) is 3.32. The first-order valence-electron chi connectivity index (χ1n) is 9.08. The molecule has 1 saturated carbocycles. The van der Waals surface area contributed by atoms with Crippen LogP contribution in [-0.2, 0) is 11.3 Å². The van der Waals surface area contributed by atoms with Crippen LogP contribution in [0, 0.1) is 19.3 Å². The van der Waals surface area contributed by atoms with Gasteiger partial charge in [-0.3, -0.25) is 4.79 Å². The summed E-state index contributed by atoms with van der Waals surface area (Å²) in [5.41, 5.74) is 1.89. The van der Waals surface area contributed by atoms with Gasteiger partial charge in [0.25, 0.3) is 0 Å². The molecule has 5 nitrogen and oxygen atoms in total. The minimum atomic E-state index is -0.968. The Kier molecular flexibility index (Phi) is 5.60. The molecule has 0 aromatic carbocycles. The molecule has 1 aliphatic carbocycles. The minimum absolute atomic E-state index is 0.180. The molecule has 1 amide bonds. The Morgan fingerprint density at radius 3 is 2.31 bits per heavy atom. The third-order valence-corrected chi connectivity index (χ3v) is 7.31. The van der Waals surface area contributed by atoms with E-state index < -0.39 is 9.75 Å². The number of halogens is 2. The number of nitrogens with one attached hydrogen (secondary N) is 2. The summed E-state index contributed by atoms with van der Waals surface area (Å²) in [4.78, 5) is 16.0. The third kappa shape index (κ3) is 3.88. The Labute approximate surface area is 170 Å². The van der Waals surface area contributed by atoms with Gasteiger partial charge in [0.2, 0.25) is 5.91 Å². The van der Waals surface area contributed by atoms with Gasteiger partial charge in [-0.05, 0) is 51.5 Å². The highest BCUT2D eigenvalue weighted by atomic mass is 35.5. The van der Waals surface area contributed by atoms with Crippen LogP contribution >= 0.6 is 35.4 Å². The lowest BCUT2D eigenvalue weighted by atomic mass is 10.1. The van der Waals surface area contributed by atoms with Crippen molar-refractivity contribution in [3.63, 3.8) is 0 Å². The van der Waals surface area contributed by atoms with Gasteiger partial charge in [-0.1, -0.05) is 0 Å². The van der Waals surface area contributed by atoms with E-state index in [0.29, 0.717) is 11.5 Å². The van der Waals surface area contributed by atoms with Gasteiger partial charge >= 0.3 is 0 Å². The highest BCUT2D eigenvalue weighted by Crippen LogP contribution is 2.63. The van der Waals surface area contributed by atoms with E-state index in [1.807, 2.05) is 0 Å². The number of amides is 1. The quantitative estimate of drug-likeness (QED) is 0.572. The predicted octanol–water partition coefficient (Wildman–Crippen LogP) is 1.29. The molecule has 0 spiro atoms. The van der Waals surface area contributed by atoms with Gasteiger partial charge in [0.1, 0.15) is 4.33 Å². The van der Waals surface area contributed by atoms with Gasteiger partial charge in [0, 0.05) is 11.4 Å². The lowest BCUT2D eigenvalue weighted by Crippen LogP contribution is -3.15. The SMILES string of the molecule is Cc1ccc(C)n1CC[NH+]1CCN(C(=S)NC(=O)[C@]2(C)CC2(Cl)Cl)CC1. The van der Waals surface area contributed by atoms with Gasteiger partial charge in [-0.15, -0.1) is 23.2 Å². The number of carbonyl (C=O) groups is 1. The number of carbonyl (C=O) groups excluding carboxylic acids is 1. The first-order chi connectivity index (χ1) is 12.1. The number of aryl methyl sites for hydroxylation is 2. The van der Waals surface area contributed by atoms with Crippen molar-refractivity contribution in [2.75, 3.05) is 32.7 Å². The lowest BCUT2D eigenvalue weighted by Gasteiger charge is -2.34. The maximum Gasteiger partial charge on any atom is 0.235 e. The average Bonchev–Trinajstić information content (AvgIpc) is 2.95. The molecular formula is C18H27Cl2N4OS+. The maximum atomic E-state index is 12.4. The maximum absolute atomic E-state index is 12.4. The summed E-state index contributed by atoms with van der Waals surface area (Å²) in [6.07, 6.45) is 0.466. The number of nitrogens with zero attached hydrogens (tertiary/aromatic N) is 2. The van der Waals surface area contributed by atoms with Crippen molar-refractivity contribution >= 4 is 46.4 Å². The zero-order valence-electron chi connectivity index (χ0n) is 15.6. The van der Waals surface area contributed by atoms with Crippen LogP contribution in [0.1, 0.15) is 24.7 Å². The van der Waals surface area contributed by atoms with Crippen molar-refractivity contribution < 1.29 is 9.69 Å². The second kappa shape index (κ2) is 7.30. The second-order valence-corrected chi connectivity index (χ2v) is 9.60. The molecule has 2 fully saturated rings. The van der Waals surface area contributed by atoms with Crippen LogP contribution in [0.25, 0.3) is 0 Å². The molecule has 144 valence electrons. The minimum Gasteiger partial charge on any atom is -0.344 e. The fourth-order valence-electron chi connectivity index (χ4n) is 3.56. The zero-order chi connectivity index (χ0) is 19.1. The first-order valence-corrected chi connectivity index (χ1v) is 10.2. The molecule has 26 heavy (non-hydrogen) atoms. The summed E-state index contributed by atoms with van der Waals surface area (Å²) in [5.74, 6) is -0.180. The molecular weight excluding hydrogens is 391 g/mol. The van der Waals surface area contributed by atoms with Gasteiger partial charge in [-0.2, -0.15) is 0 Å².